The SMILES string of the molecule is CC[C@H](C)NC(=O)[C@H](CC)N(Cc1ccc(OC)cc1)C(=O)CCc1ccc2c(c1)OCCO2. The number of benzene rings is 2. The molecule has 0 saturated heterocycles. The van der Waals surface area contributed by atoms with E-state index >= 15 is 0 Å². The molecule has 0 aliphatic carbocycles. The molecule has 2 atom stereocenters. The van der Waals surface area contributed by atoms with Gasteiger partial charge in [0.15, 0.2) is 11.5 Å². The Hall–Kier alpha value is -3.22. The molecule has 2 amide bonds. The van der Waals surface area contributed by atoms with Gasteiger partial charge < -0.3 is 24.4 Å². The van der Waals surface area contributed by atoms with Crippen LogP contribution in [0.4, 0.5) is 0 Å². The van der Waals surface area contributed by atoms with Crippen molar-refractivity contribution < 1.29 is 23.8 Å². The predicted molar refractivity (Wildman–Crippen MR) is 131 cm³/mol. The van der Waals surface area contributed by atoms with Crippen molar-refractivity contribution in [1.82, 2.24) is 10.2 Å². The number of carbonyl (C=O) groups excluding carboxylic acids is 2. The fourth-order valence-electron chi connectivity index (χ4n) is 3.93. The summed E-state index contributed by atoms with van der Waals surface area (Å²) in [5.74, 6) is 2.03. The van der Waals surface area contributed by atoms with Gasteiger partial charge in [0.1, 0.15) is 25.0 Å². The first kappa shape index (κ1) is 25.4. The molecule has 184 valence electrons. The quantitative estimate of drug-likeness (QED) is 0.537. The number of carbonyl (C=O) groups is 2. The molecule has 2 aromatic rings. The number of amides is 2. The Balaban J connectivity index is 1.76. The third-order valence-electron chi connectivity index (χ3n) is 6.13. The molecule has 2 aromatic carbocycles. The summed E-state index contributed by atoms with van der Waals surface area (Å²) in [5, 5.41) is 3.04. The van der Waals surface area contributed by atoms with E-state index in [1.807, 2.05) is 63.2 Å². The van der Waals surface area contributed by atoms with E-state index < -0.39 is 6.04 Å². The molecule has 1 aliphatic rings. The molecular weight excluding hydrogens is 432 g/mol. The minimum Gasteiger partial charge on any atom is -0.497 e. The van der Waals surface area contributed by atoms with Crippen LogP contribution in [0.15, 0.2) is 42.5 Å². The number of nitrogens with zero attached hydrogens (tertiary/aromatic N) is 1. The van der Waals surface area contributed by atoms with Crippen LogP contribution in [0.1, 0.15) is 51.2 Å². The van der Waals surface area contributed by atoms with Crippen LogP contribution in [0.3, 0.4) is 0 Å². The van der Waals surface area contributed by atoms with E-state index in [0.717, 1.165) is 29.0 Å². The lowest BCUT2D eigenvalue weighted by Crippen LogP contribution is -2.50. The Morgan fingerprint density at radius 2 is 1.68 bits per heavy atom. The molecule has 0 bridgehead atoms. The van der Waals surface area contributed by atoms with Gasteiger partial charge in [-0.1, -0.05) is 32.0 Å². The first-order valence-electron chi connectivity index (χ1n) is 12.1. The molecule has 0 fully saturated rings. The average molecular weight is 469 g/mol. The normalized spacial score (nSPS) is 14.1. The summed E-state index contributed by atoms with van der Waals surface area (Å²) in [4.78, 5) is 28.2. The summed E-state index contributed by atoms with van der Waals surface area (Å²) >= 11 is 0. The smallest absolute Gasteiger partial charge is 0.243 e. The Kier molecular flexibility index (Phi) is 9.19. The van der Waals surface area contributed by atoms with E-state index in [1.54, 1.807) is 12.0 Å². The summed E-state index contributed by atoms with van der Waals surface area (Å²) in [7, 11) is 1.62. The summed E-state index contributed by atoms with van der Waals surface area (Å²) in [6, 6.07) is 12.9. The number of rotatable bonds is 11. The van der Waals surface area contributed by atoms with Gasteiger partial charge in [0.25, 0.3) is 0 Å². The van der Waals surface area contributed by atoms with Crippen molar-refractivity contribution in [2.75, 3.05) is 20.3 Å². The highest BCUT2D eigenvalue weighted by atomic mass is 16.6. The molecule has 0 radical (unpaired) electrons. The molecule has 1 N–H and O–H groups in total. The van der Waals surface area contributed by atoms with E-state index in [0.29, 0.717) is 44.8 Å². The van der Waals surface area contributed by atoms with Crippen molar-refractivity contribution >= 4 is 11.8 Å². The Bertz CT molecular complexity index is 960. The number of nitrogens with one attached hydrogen (secondary N) is 1. The molecule has 0 aromatic heterocycles. The molecule has 7 heteroatoms. The molecule has 0 saturated carbocycles. The second-order valence-corrected chi connectivity index (χ2v) is 8.59. The van der Waals surface area contributed by atoms with Crippen LogP contribution in [0.25, 0.3) is 0 Å². The lowest BCUT2D eigenvalue weighted by Gasteiger charge is -2.31. The molecule has 0 spiro atoms. The number of methoxy groups -OCH3 is 1. The lowest BCUT2D eigenvalue weighted by molar-refractivity contribution is -0.141. The largest absolute Gasteiger partial charge is 0.497 e. The summed E-state index contributed by atoms with van der Waals surface area (Å²) < 4.78 is 16.5. The first-order chi connectivity index (χ1) is 16.4. The van der Waals surface area contributed by atoms with Gasteiger partial charge in [0.05, 0.1) is 7.11 Å². The molecule has 7 nitrogen and oxygen atoms in total. The fraction of sp³-hybridized carbons (Fsp3) is 0.481. The molecule has 3 rings (SSSR count). The fourth-order valence-corrected chi connectivity index (χ4v) is 3.93. The molecule has 1 aliphatic heterocycles. The minimum absolute atomic E-state index is 0.0530. The van der Waals surface area contributed by atoms with Crippen LogP contribution in [-0.2, 0) is 22.6 Å². The third kappa shape index (κ3) is 6.65. The van der Waals surface area contributed by atoms with Crippen LogP contribution < -0.4 is 19.5 Å². The van der Waals surface area contributed by atoms with Crippen molar-refractivity contribution in [1.29, 1.82) is 0 Å². The van der Waals surface area contributed by atoms with Crippen LogP contribution >= 0.6 is 0 Å². The van der Waals surface area contributed by atoms with Gasteiger partial charge in [-0.3, -0.25) is 9.59 Å². The highest BCUT2D eigenvalue weighted by Crippen LogP contribution is 2.31. The van der Waals surface area contributed by atoms with E-state index in [4.69, 9.17) is 14.2 Å². The topological polar surface area (TPSA) is 77.1 Å². The number of aryl methyl sites for hydroxylation is 1. The van der Waals surface area contributed by atoms with Crippen LogP contribution in [-0.4, -0.2) is 49.1 Å². The maximum absolute atomic E-state index is 13.5. The Morgan fingerprint density at radius 3 is 2.32 bits per heavy atom. The number of hydrogen-bond donors (Lipinski definition) is 1. The first-order valence-corrected chi connectivity index (χ1v) is 12.1. The maximum atomic E-state index is 13.5. The zero-order valence-corrected chi connectivity index (χ0v) is 20.6. The second kappa shape index (κ2) is 12.3. The van der Waals surface area contributed by atoms with Crippen molar-refractivity contribution in [3.8, 4) is 17.2 Å². The third-order valence-corrected chi connectivity index (χ3v) is 6.13. The van der Waals surface area contributed by atoms with Crippen molar-refractivity contribution in [2.45, 2.75) is 65.1 Å². The van der Waals surface area contributed by atoms with Gasteiger partial charge in [-0.15, -0.1) is 0 Å². The molecular formula is C27H36N2O5. The summed E-state index contributed by atoms with van der Waals surface area (Å²) in [6.07, 6.45) is 2.22. The summed E-state index contributed by atoms with van der Waals surface area (Å²) in [5.41, 5.74) is 1.95. The number of hydrogen-bond acceptors (Lipinski definition) is 5. The maximum Gasteiger partial charge on any atom is 0.243 e. The summed E-state index contributed by atoms with van der Waals surface area (Å²) in [6.45, 7) is 7.37. The zero-order chi connectivity index (χ0) is 24.5. The average Bonchev–Trinajstić information content (AvgIpc) is 2.87. The molecule has 1 heterocycles. The lowest BCUT2D eigenvalue weighted by atomic mass is 10.0. The monoisotopic (exact) mass is 468 g/mol. The van der Waals surface area contributed by atoms with Gasteiger partial charge in [-0.2, -0.15) is 0 Å². The number of ether oxygens (including phenoxy) is 3. The highest BCUT2D eigenvalue weighted by molar-refractivity contribution is 5.88. The van der Waals surface area contributed by atoms with Crippen LogP contribution in [0, 0.1) is 0 Å². The van der Waals surface area contributed by atoms with Crippen LogP contribution in [0.5, 0.6) is 17.2 Å². The van der Waals surface area contributed by atoms with Gasteiger partial charge in [0, 0.05) is 19.0 Å². The van der Waals surface area contributed by atoms with Gasteiger partial charge in [-0.25, -0.2) is 0 Å². The van der Waals surface area contributed by atoms with Gasteiger partial charge >= 0.3 is 0 Å². The second-order valence-electron chi connectivity index (χ2n) is 8.59. The minimum atomic E-state index is -0.538. The Labute approximate surface area is 202 Å². The Morgan fingerprint density at radius 1 is 1.00 bits per heavy atom. The van der Waals surface area contributed by atoms with Crippen molar-refractivity contribution in [3.05, 3.63) is 53.6 Å². The van der Waals surface area contributed by atoms with E-state index in [2.05, 4.69) is 5.32 Å². The van der Waals surface area contributed by atoms with Crippen LogP contribution in [0.2, 0.25) is 0 Å². The van der Waals surface area contributed by atoms with E-state index in [-0.39, 0.29) is 17.9 Å². The molecule has 34 heavy (non-hydrogen) atoms. The predicted octanol–water partition coefficient (Wildman–Crippen LogP) is 4.12. The van der Waals surface area contributed by atoms with Gasteiger partial charge in [0.2, 0.25) is 11.8 Å². The van der Waals surface area contributed by atoms with Crippen molar-refractivity contribution in [2.24, 2.45) is 0 Å². The standard InChI is InChI=1S/C27H36N2O5/c1-5-19(3)28-27(31)23(6-2)29(18-21-7-11-22(32-4)12-8-21)26(30)14-10-20-9-13-24-25(17-20)34-16-15-33-24/h7-9,11-13,17,19,23H,5-6,10,14-16,18H2,1-4H3,(H,28,31)/t19-,23-/m0/s1. The van der Waals surface area contributed by atoms with Gasteiger partial charge in [-0.05, 0) is 61.6 Å². The number of fused-ring (bicyclic) bond motifs is 1. The molecule has 0 unspecified atom stereocenters. The van der Waals surface area contributed by atoms with E-state index in [9.17, 15) is 9.59 Å². The van der Waals surface area contributed by atoms with Crippen molar-refractivity contribution in [3.63, 3.8) is 0 Å². The van der Waals surface area contributed by atoms with E-state index in [1.165, 1.54) is 0 Å². The zero-order valence-electron chi connectivity index (χ0n) is 20.6. The highest BCUT2D eigenvalue weighted by Gasteiger charge is 2.29.